The monoisotopic (exact) mass is 276 g/mol. The first-order valence-corrected chi connectivity index (χ1v) is 6.73. The molecule has 0 saturated carbocycles. The van der Waals surface area contributed by atoms with Crippen molar-refractivity contribution in [3.63, 3.8) is 0 Å². The SMILES string of the molecule is ClCCOc1ccc(CNNc2ccccc2)cc1. The lowest BCUT2D eigenvalue weighted by atomic mass is 10.2. The fraction of sp³-hybridized carbons (Fsp3) is 0.200. The van der Waals surface area contributed by atoms with E-state index in [9.17, 15) is 0 Å². The van der Waals surface area contributed by atoms with Crippen LogP contribution in [0.5, 0.6) is 5.75 Å². The zero-order valence-electron chi connectivity index (χ0n) is 10.6. The standard InChI is InChI=1S/C15H17ClN2O/c16-10-11-19-15-8-6-13(7-9-15)12-17-18-14-4-2-1-3-5-14/h1-9,17-18H,10-12H2. The van der Waals surface area contributed by atoms with E-state index in [2.05, 4.69) is 10.9 Å². The van der Waals surface area contributed by atoms with Crippen LogP contribution in [0.15, 0.2) is 54.6 Å². The smallest absolute Gasteiger partial charge is 0.119 e. The van der Waals surface area contributed by atoms with Crippen LogP contribution in [0.4, 0.5) is 5.69 Å². The summed E-state index contributed by atoms with van der Waals surface area (Å²) in [5.41, 5.74) is 8.54. The quantitative estimate of drug-likeness (QED) is 0.600. The molecule has 0 aliphatic rings. The molecule has 2 rings (SSSR count). The molecule has 100 valence electrons. The van der Waals surface area contributed by atoms with E-state index in [4.69, 9.17) is 16.3 Å². The number of hydrazine groups is 1. The number of hydrogen-bond donors (Lipinski definition) is 2. The first-order chi connectivity index (χ1) is 9.38. The Morgan fingerprint density at radius 2 is 1.68 bits per heavy atom. The molecule has 0 fully saturated rings. The van der Waals surface area contributed by atoms with E-state index in [0.717, 1.165) is 18.0 Å². The molecule has 2 aromatic rings. The molecule has 0 aliphatic heterocycles. The van der Waals surface area contributed by atoms with Gasteiger partial charge >= 0.3 is 0 Å². The maximum Gasteiger partial charge on any atom is 0.119 e. The molecular formula is C15H17ClN2O. The van der Waals surface area contributed by atoms with Crippen LogP contribution in [0.1, 0.15) is 5.56 Å². The highest BCUT2D eigenvalue weighted by Gasteiger charge is 1.95. The van der Waals surface area contributed by atoms with Crippen LogP contribution in [-0.2, 0) is 6.54 Å². The number of ether oxygens (including phenoxy) is 1. The maximum atomic E-state index is 5.57. The highest BCUT2D eigenvalue weighted by molar-refractivity contribution is 6.18. The summed E-state index contributed by atoms with van der Waals surface area (Å²) in [6.07, 6.45) is 0. The summed E-state index contributed by atoms with van der Waals surface area (Å²) >= 11 is 5.57. The van der Waals surface area contributed by atoms with Crippen molar-refractivity contribution in [1.82, 2.24) is 5.43 Å². The van der Waals surface area contributed by atoms with E-state index in [0.29, 0.717) is 12.5 Å². The van der Waals surface area contributed by atoms with Gasteiger partial charge in [-0.15, -0.1) is 11.6 Å². The molecule has 0 atom stereocenters. The molecule has 3 nitrogen and oxygen atoms in total. The van der Waals surface area contributed by atoms with Gasteiger partial charge in [-0.1, -0.05) is 30.3 Å². The van der Waals surface area contributed by atoms with Gasteiger partial charge in [0.2, 0.25) is 0 Å². The first-order valence-electron chi connectivity index (χ1n) is 6.20. The number of hydrogen-bond acceptors (Lipinski definition) is 3. The zero-order chi connectivity index (χ0) is 13.3. The van der Waals surface area contributed by atoms with Crippen molar-refractivity contribution in [2.24, 2.45) is 0 Å². The Balaban J connectivity index is 1.77. The second-order valence-electron chi connectivity index (χ2n) is 4.03. The van der Waals surface area contributed by atoms with Crippen LogP contribution in [0.2, 0.25) is 0 Å². The lowest BCUT2D eigenvalue weighted by Gasteiger charge is -2.09. The Hall–Kier alpha value is -1.71. The molecule has 0 radical (unpaired) electrons. The Morgan fingerprint density at radius 3 is 2.37 bits per heavy atom. The van der Waals surface area contributed by atoms with Crippen LogP contribution in [0.25, 0.3) is 0 Å². The molecule has 0 saturated heterocycles. The Labute approximate surface area is 118 Å². The molecule has 0 amide bonds. The average molecular weight is 277 g/mol. The number of alkyl halides is 1. The molecule has 2 N–H and O–H groups in total. The summed E-state index contributed by atoms with van der Waals surface area (Å²) in [4.78, 5) is 0. The topological polar surface area (TPSA) is 33.3 Å². The Kier molecular flexibility index (Phi) is 5.53. The van der Waals surface area contributed by atoms with E-state index in [1.165, 1.54) is 5.56 Å². The van der Waals surface area contributed by atoms with Crippen LogP contribution >= 0.6 is 11.6 Å². The van der Waals surface area contributed by atoms with Crippen molar-refractivity contribution in [2.45, 2.75) is 6.54 Å². The number of nitrogens with one attached hydrogen (secondary N) is 2. The van der Waals surface area contributed by atoms with Gasteiger partial charge in [0.15, 0.2) is 0 Å². The van der Waals surface area contributed by atoms with Crippen molar-refractivity contribution in [1.29, 1.82) is 0 Å². The molecule has 0 aliphatic carbocycles. The van der Waals surface area contributed by atoms with E-state index in [1.54, 1.807) is 0 Å². The van der Waals surface area contributed by atoms with E-state index in [-0.39, 0.29) is 0 Å². The first kappa shape index (κ1) is 13.7. The zero-order valence-corrected chi connectivity index (χ0v) is 11.4. The molecule has 0 spiro atoms. The third kappa shape index (κ3) is 4.81. The molecule has 2 aromatic carbocycles. The summed E-state index contributed by atoms with van der Waals surface area (Å²) in [5, 5.41) is 0. The number of anilines is 1. The summed E-state index contributed by atoms with van der Waals surface area (Å²) in [5.74, 6) is 1.35. The largest absolute Gasteiger partial charge is 0.492 e. The molecule has 0 unspecified atom stereocenters. The van der Waals surface area contributed by atoms with Crippen molar-refractivity contribution in [3.8, 4) is 5.75 Å². The fourth-order valence-electron chi connectivity index (χ4n) is 1.63. The minimum atomic E-state index is 0.504. The summed E-state index contributed by atoms with van der Waals surface area (Å²) in [6, 6.07) is 18.0. The van der Waals surface area contributed by atoms with Crippen LogP contribution < -0.4 is 15.6 Å². The molecule has 0 heterocycles. The van der Waals surface area contributed by atoms with E-state index >= 15 is 0 Å². The van der Waals surface area contributed by atoms with Crippen LogP contribution in [0, 0.1) is 0 Å². The number of rotatable bonds is 7. The van der Waals surface area contributed by atoms with Crippen molar-refractivity contribution >= 4 is 17.3 Å². The Morgan fingerprint density at radius 1 is 0.947 bits per heavy atom. The third-order valence-corrected chi connectivity index (χ3v) is 2.72. The van der Waals surface area contributed by atoms with Crippen LogP contribution in [0.3, 0.4) is 0 Å². The summed E-state index contributed by atoms with van der Waals surface area (Å²) in [7, 11) is 0. The van der Waals surface area contributed by atoms with Gasteiger partial charge < -0.3 is 10.2 Å². The van der Waals surface area contributed by atoms with Gasteiger partial charge in [0.1, 0.15) is 12.4 Å². The van der Waals surface area contributed by atoms with E-state index < -0.39 is 0 Å². The minimum absolute atomic E-state index is 0.504. The molecule has 0 bridgehead atoms. The summed E-state index contributed by atoms with van der Waals surface area (Å²) < 4.78 is 5.42. The van der Waals surface area contributed by atoms with Gasteiger partial charge in [-0.05, 0) is 29.8 Å². The molecular weight excluding hydrogens is 260 g/mol. The molecule has 19 heavy (non-hydrogen) atoms. The highest BCUT2D eigenvalue weighted by Crippen LogP contribution is 2.12. The summed E-state index contributed by atoms with van der Waals surface area (Å²) in [6.45, 7) is 1.28. The van der Waals surface area contributed by atoms with E-state index in [1.807, 2.05) is 54.6 Å². The van der Waals surface area contributed by atoms with Gasteiger partial charge in [0.05, 0.1) is 5.88 Å². The van der Waals surface area contributed by atoms with Gasteiger partial charge in [-0.3, -0.25) is 0 Å². The third-order valence-electron chi connectivity index (χ3n) is 2.57. The number of halogens is 1. The van der Waals surface area contributed by atoms with Gasteiger partial charge in [-0.2, -0.15) is 0 Å². The van der Waals surface area contributed by atoms with Crippen molar-refractivity contribution in [2.75, 3.05) is 17.9 Å². The average Bonchev–Trinajstić information content (AvgIpc) is 2.47. The fourth-order valence-corrected chi connectivity index (χ4v) is 1.71. The Bertz CT molecular complexity index is 473. The number of para-hydroxylation sites is 1. The van der Waals surface area contributed by atoms with Gasteiger partial charge in [0.25, 0.3) is 0 Å². The molecule has 4 heteroatoms. The predicted molar refractivity (Wildman–Crippen MR) is 79.6 cm³/mol. The predicted octanol–water partition coefficient (Wildman–Crippen LogP) is 3.42. The van der Waals surface area contributed by atoms with Crippen LogP contribution in [-0.4, -0.2) is 12.5 Å². The molecule has 0 aromatic heterocycles. The lowest BCUT2D eigenvalue weighted by Crippen LogP contribution is -2.20. The van der Waals surface area contributed by atoms with Gasteiger partial charge in [-0.25, -0.2) is 5.43 Å². The minimum Gasteiger partial charge on any atom is -0.492 e. The van der Waals surface area contributed by atoms with Gasteiger partial charge in [0, 0.05) is 12.2 Å². The van der Waals surface area contributed by atoms with Crippen molar-refractivity contribution < 1.29 is 4.74 Å². The highest BCUT2D eigenvalue weighted by atomic mass is 35.5. The lowest BCUT2D eigenvalue weighted by molar-refractivity contribution is 0.342. The van der Waals surface area contributed by atoms with Crippen molar-refractivity contribution in [3.05, 3.63) is 60.2 Å². The maximum absolute atomic E-state index is 5.57. The normalized spacial score (nSPS) is 10.2. The number of benzene rings is 2. The second-order valence-corrected chi connectivity index (χ2v) is 4.40. The second kappa shape index (κ2) is 7.67.